The van der Waals surface area contributed by atoms with Crippen LogP contribution in [-0.2, 0) is 0 Å². The van der Waals surface area contributed by atoms with Crippen LogP contribution in [0.4, 0.5) is 4.39 Å². The quantitative estimate of drug-likeness (QED) is 0.808. The molecule has 3 heteroatoms. The first-order valence-electron chi connectivity index (χ1n) is 5.46. The third-order valence-corrected chi connectivity index (χ3v) is 2.79. The first-order valence-corrected chi connectivity index (χ1v) is 5.46. The van der Waals surface area contributed by atoms with Gasteiger partial charge in [0.15, 0.2) is 0 Å². The molecule has 0 aromatic carbocycles. The minimum absolute atomic E-state index is 0.223. The third kappa shape index (κ3) is 3.59. The summed E-state index contributed by atoms with van der Waals surface area (Å²) in [6.07, 6.45) is 3.46. The van der Waals surface area contributed by atoms with Gasteiger partial charge in [-0.2, -0.15) is 0 Å². The smallest absolute Gasteiger partial charge is 0.141 e. The second-order valence-electron chi connectivity index (χ2n) is 3.99. The van der Waals surface area contributed by atoms with E-state index in [2.05, 4.69) is 24.1 Å². The van der Waals surface area contributed by atoms with Crippen molar-refractivity contribution in [1.29, 1.82) is 0 Å². The van der Waals surface area contributed by atoms with Gasteiger partial charge in [0.2, 0.25) is 0 Å². The maximum absolute atomic E-state index is 12.7. The molecule has 2 nitrogen and oxygen atoms in total. The van der Waals surface area contributed by atoms with Gasteiger partial charge in [0.05, 0.1) is 11.9 Å². The molecule has 1 aromatic rings. The van der Waals surface area contributed by atoms with Crippen molar-refractivity contribution in [2.24, 2.45) is 5.92 Å². The number of nitrogens with one attached hydrogen (secondary N) is 1. The summed E-state index contributed by atoms with van der Waals surface area (Å²) in [5.74, 6) is 0.367. The number of hydrogen-bond acceptors (Lipinski definition) is 2. The molecule has 15 heavy (non-hydrogen) atoms. The highest BCUT2D eigenvalue weighted by molar-refractivity contribution is 5.09. The first kappa shape index (κ1) is 12.1. The van der Waals surface area contributed by atoms with Gasteiger partial charge in [-0.1, -0.05) is 20.3 Å². The van der Waals surface area contributed by atoms with Gasteiger partial charge in [0.1, 0.15) is 5.82 Å². The van der Waals surface area contributed by atoms with Crippen molar-refractivity contribution in [2.75, 3.05) is 7.05 Å². The van der Waals surface area contributed by atoms with Crippen LogP contribution in [0.2, 0.25) is 0 Å². The molecule has 0 fully saturated rings. The summed E-state index contributed by atoms with van der Waals surface area (Å²) in [7, 11) is 1.91. The predicted octanol–water partition coefficient (Wildman–Crippen LogP) is 2.92. The van der Waals surface area contributed by atoms with Crippen LogP contribution in [0.25, 0.3) is 0 Å². The topological polar surface area (TPSA) is 24.9 Å². The van der Waals surface area contributed by atoms with Gasteiger partial charge >= 0.3 is 0 Å². The molecular formula is C12H19FN2. The number of rotatable bonds is 5. The molecule has 0 aliphatic rings. The Morgan fingerprint density at radius 3 is 2.67 bits per heavy atom. The van der Waals surface area contributed by atoms with Gasteiger partial charge in [-0.25, -0.2) is 4.39 Å². The molecule has 1 N–H and O–H groups in total. The summed E-state index contributed by atoms with van der Waals surface area (Å²) in [5, 5.41) is 3.22. The molecular weight excluding hydrogens is 191 g/mol. The zero-order valence-electron chi connectivity index (χ0n) is 9.63. The molecule has 0 aliphatic heterocycles. The maximum Gasteiger partial charge on any atom is 0.141 e. The molecule has 0 saturated heterocycles. The Kier molecular flexibility index (Phi) is 4.69. The van der Waals surface area contributed by atoms with Crippen LogP contribution < -0.4 is 5.32 Å². The van der Waals surface area contributed by atoms with Crippen LogP contribution in [0.1, 0.15) is 38.4 Å². The van der Waals surface area contributed by atoms with E-state index < -0.39 is 0 Å². The second-order valence-corrected chi connectivity index (χ2v) is 3.99. The predicted molar refractivity (Wildman–Crippen MR) is 60.1 cm³/mol. The van der Waals surface area contributed by atoms with Crippen LogP contribution >= 0.6 is 0 Å². The molecule has 1 heterocycles. The molecule has 2 atom stereocenters. The Labute approximate surface area is 90.9 Å². The first-order chi connectivity index (χ1) is 7.17. The van der Waals surface area contributed by atoms with Crippen LogP contribution in [-0.4, -0.2) is 12.0 Å². The molecule has 0 saturated carbocycles. The SMILES string of the molecule is CCC(C)CC(NC)c1ccc(F)cn1. The Morgan fingerprint density at radius 1 is 1.47 bits per heavy atom. The zero-order chi connectivity index (χ0) is 11.3. The van der Waals surface area contributed by atoms with Crippen molar-refractivity contribution in [3.8, 4) is 0 Å². The Hall–Kier alpha value is -0.960. The van der Waals surface area contributed by atoms with E-state index in [1.807, 2.05) is 7.05 Å². The molecule has 1 rings (SSSR count). The van der Waals surface area contributed by atoms with E-state index in [1.54, 1.807) is 6.07 Å². The lowest BCUT2D eigenvalue weighted by Gasteiger charge is -2.19. The van der Waals surface area contributed by atoms with Gasteiger partial charge in [-0.05, 0) is 31.5 Å². The van der Waals surface area contributed by atoms with E-state index >= 15 is 0 Å². The molecule has 2 unspecified atom stereocenters. The van der Waals surface area contributed by atoms with E-state index in [1.165, 1.54) is 12.3 Å². The zero-order valence-corrected chi connectivity index (χ0v) is 9.63. The number of nitrogens with zero attached hydrogens (tertiary/aromatic N) is 1. The van der Waals surface area contributed by atoms with Crippen molar-refractivity contribution in [2.45, 2.75) is 32.7 Å². The lowest BCUT2D eigenvalue weighted by atomic mass is 9.97. The Bertz CT molecular complexity index is 284. The Morgan fingerprint density at radius 2 is 2.20 bits per heavy atom. The largest absolute Gasteiger partial charge is 0.312 e. The van der Waals surface area contributed by atoms with Gasteiger partial charge in [0, 0.05) is 6.04 Å². The summed E-state index contributed by atoms with van der Waals surface area (Å²) in [6, 6.07) is 3.43. The highest BCUT2D eigenvalue weighted by atomic mass is 19.1. The summed E-state index contributed by atoms with van der Waals surface area (Å²) in [5.41, 5.74) is 0.916. The van der Waals surface area contributed by atoms with E-state index in [9.17, 15) is 4.39 Å². The van der Waals surface area contributed by atoms with E-state index in [-0.39, 0.29) is 11.9 Å². The summed E-state index contributed by atoms with van der Waals surface area (Å²) < 4.78 is 12.7. The molecule has 0 radical (unpaired) electrons. The Balaban J connectivity index is 2.69. The van der Waals surface area contributed by atoms with Crippen LogP contribution in [0, 0.1) is 11.7 Å². The van der Waals surface area contributed by atoms with E-state index in [0.717, 1.165) is 18.5 Å². The number of halogens is 1. The van der Waals surface area contributed by atoms with Crippen LogP contribution in [0.3, 0.4) is 0 Å². The van der Waals surface area contributed by atoms with Gasteiger partial charge in [0.25, 0.3) is 0 Å². The van der Waals surface area contributed by atoms with Crippen LogP contribution in [0.5, 0.6) is 0 Å². The molecule has 84 valence electrons. The van der Waals surface area contributed by atoms with Gasteiger partial charge < -0.3 is 5.32 Å². The van der Waals surface area contributed by atoms with E-state index in [4.69, 9.17) is 0 Å². The fraction of sp³-hybridized carbons (Fsp3) is 0.583. The minimum Gasteiger partial charge on any atom is -0.312 e. The fourth-order valence-corrected chi connectivity index (χ4v) is 1.55. The molecule has 0 amide bonds. The highest BCUT2D eigenvalue weighted by Crippen LogP contribution is 2.20. The lowest BCUT2D eigenvalue weighted by Crippen LogP contribution is -2.20. The minimum atomic E-state index is -0.280. The average molecular weight is 210 g/mol. The molecule has 0 aliphatic carbocycles. The van der Waals surface area contributed by atoms with Crippen LogP contribution in [0.15, 0.2) is 18.3 Å². The highest BCUT2D eigenvalue weighted by Gasteiger charge is 2.13. The van der Waals surface area contributed by atoms with Gasteiger partial charge in [-0.3, -0.25) is 4.98 Å². The number of aromatic nitrogens is 1. The normalized spacial score (nSPS) is 14.9. The second kappa shape index (κ2) is 5.81. The fourth-order valence-electron chi connectivity index (χ4n) is 1.55. The standard InChI is InChI=1S/C12H19FN2/c1-4-9(2)7-12(14-3)11-6-5-10(13)8-15-11/h5-6,8-9,12,14H,4,7H2,1-3H3. The molecule has 1 aromatic heterocycles. The lowest BCUT2D eigenvalue weighted by molar-refractivity contribution is 0.415. The number of pyridine rings is 1. The molecule has 0 bridgehead atoms. The average Bonchev–Trinajstić information content (AvgIpc) is 2.27. The van der Waals surface area contributed by atoms with Crippen molar-refractivity contribution >= 4 is 0 Å². The van der Waals surface area contributed by atoms with Crippen molar-refractivity contribution in [1.82, 2.24) is 10.3 Å². The van der Waals surface area contributed by atoms with E-state index in [0.29, 0.717) is 5.92 Å². The van der Waals surface area contributed by atoms with Crippen molar-refractivity contribution in [3.63, 3.8) is 0 Å². The summed E-state index contributed by atoms with van der Waals surface area (Å²) in [6.45, 7) is 4.39. The summed E-state index contributed by atoms with van der Waals surface area (Å²) >= 11 is 0. The van der Waals surface area contributed by atoms with Gasteiger partial charge in [-0.15, -0.1) is 0 Å². The monoisotopic (exact) mass is 210 g/mol. The molecule has 0 spiro atoms. The maximum atomic E-state index is 12.7. The van der Waals surface area contributed by atoms with Crippen molar-refractivity contribution < 1.29 is 4.39 Å². The number of hydrogen-bond donors (Lipinski definition) is 1. The third-order valence-electron chi connectivity index (χ3n) is 2.79. The van der Waals surface area contributed by atoms with Crippen molar-refractivity contribution in [3.05, 3.63) is 29.8 Å². The summed E-state index contributed by atoms with van der Waals surface area (Å²) in [4.78, 5) is 4.10.